The fraction of sp³-hybridized carbons (Fsp3) is 0.182. The number of non-ortho nitro benzene ring substituents is 1. The van der Waals surface area contributed by atoms with Gasteiger partial charge < -0.3 is 4.74 Å². The van der Waals surface area contributed by atoms with Gasteiger partial charge >= 0.3 is 5.97 Å². The number of ether oxygens (including phenoxy) is 1. The zero-order valence-electron chi connectivity index (χ0n) is 15.9. The van der Waals surface area contributed by atoms with Crippen molar-refractivity contribution < 1.29 is 14.5 Å². The fourth-order valence-corrected chi connectivity index (χ4v) is 4.90. The third-order valence-corrected chi connectivity index (χ3v) is 6.05. The molecule has 0 aliphatic carbocycles. The highest BCUT2D eigenvalue weighted by atomic mass is 32.1. The summed E-state index contributed by atoms with van der Waals surface area (Å²) in [5.41, 5.74) is 4.22. The van der Waals surface area contributed by atoms with Gasteiger partial charge in [0, 0.05) is 34.7 Å². The quantitative estimate of drug-likeness (QED) is 0.332. The van der Waals surface area contributed by atoms with Crippen molar-refractivity contribution in [2.24, 2.45) is 10.9 Å². The van der Waals surface area contributed by atoms with E-state index in [2.05, 4.69) is 4.99 Å². The third-order valence-electron chi connectivity index (χ3n) is 5.16. The molecule has 0 radical (unpaired) electrons. The van der Waals surface area contributed by atoms with Gasteiger partial charge in [-0.2, -0.15) is 0 Å². The van der Waals surface area contributed by atoms with Crippen LogP contribution < -0.4 is 0 Å². The molecule has 146 valence electrons. The van der Waals surface area contributed by atoms with Crippen molar-refractivity contribution >= 4 is 33.7 Å². The number of hydrogen-bond donors (Lipinski definition) is 0. The number of hydrogen-bond acceptors (Lipinski definition) is 6. The van der Waals surface area contributed by atoms with Crippen molar-refractivity contribution in [3.63, 3.8) is 0 Å². The van der Waals surface area contributed by atoms with Crippen molar-refractivity contribution in [3.8, 4) is 11.1 Å². The number of nitro benzene ring substituents is 1. The normalized spacial score (nSPS) is 17.9. The van der Waals surface area contributed by atoms with Gasteiger partial charge in [0.2, 0.25) is 0 Å². The van der Waals surface area contributed by atoms with Crippen LogP contribution in [0.4, 0.5) is 10.7 Å². The van der Waals surface area contributed by atoms with Crippen LogP contribution in [0.2, 0.25) is 0 Å². The second-order valence-corrected chi connectivity index (χ2v) is 7.68. The lowest BCUT2D eigenvalue weighted by Gasteiger charge is -2.30. The van der Waals surface area contributed by atoms with Crippen molar-refractivity contribution in [3.05, 3.63) is 81.2 Å². The van der Waals surface area contributed by atoms with Crippen LogP contribution >= 0.6 is 11.3 Å². The van der Waals surface area contributed by atoms with Crippen LogP contribution in [0.1, 0.15) is 24.0 Å². The first-order valence-electron chi connectivity index (χ1n) is 9.05. The minimum Gasteiger partial charge on any atom is -0.468 e. The smallest absolute Gasteiger partial charge is 0.315 e. The number of carbonyl (C=O) groups is 1. The lowest BCUT2D eigenvalue weighted by Crippen LogP contribution is -2.32. The van der Waals surface area contributed by atoms with Gasteiger partial charge in [0.1, 0.15) is 10.9 Å². The molecule has 1 aromatic heterocycles. The largest absolute Gasteiger partial charge is 0.468 e. The van der Waals surface area contributed by atoms with Crippen LogP contribution in [-0.2, 0) is 9.53 Å². The monoisotopic (exact) mass is 406 g/mol. The molecule has 7 heteroatoms. The molecular weight excluding hydrogens is 388 g/mol. The molecule has 0 N–H and O–H groups in total. The molecule has 2 atom stereocenters. The van der Waals surface area contributed by atoms with Gasteiger partial charge in [-0.05, 0) is 23.6 Å². The number of rotatable bonds is 4. The Bertz CT molecular complexity index is 1120. The highest BCUT2D eigenvalue weighted by molar-refractivity contribution is 7.14. The second-order valence-electron chi connectivity index (χ2n) is 6.82. The number of esters is 1. The van der Waals surface area contributed by atoms with E-state index in [-0.39, 0.29) is 5.69 Å². The minimum atomic E-state index is -0.647. The van der Waals surface area contributed by atoms with E-state index in [0.717, 1.165) is 21.7 Å². The maximum atomic E-state index is 12.7. The summed E-state index contributed by atoms with van der Waals surface area (Å²) in [7, 11) is 1.35. The highest BCUT2D eigenvalue weighted by Gasteiger charge is 2.41. The summed E-state index contributed by atoms with van der Waals surface area (Å²) in [6.07, 6.45) is 0. The van der Waals surface area contributed by atoms with Gasteiger partial charge in [-0.15, -0.1) is 11.3 Å². The Hall–Kier alpha value is -3.32. The molecule has 2 heterocycles. The number of methoxy groups -OCH3 is 1. The molecule has 1 aliphatic heterocycles. The van der Waals surface area contributed by atoms with E-state index in [1.54, 1.807) is 13.0 Å². The van der Waals surface area contributed by atoms with Gasteiger partial charge in [0.15, 0.2) is 0 Å². The summed E-state index contributed by atoms with van der Waals surface area (Å²) in [5, 5.41) is 14.2. The summed E-state index contributed by atoms with van der Waals surface area (Å²) in [6, 6.07) is 16.3. The molecule has 4 rings (SSSR count). The summed E-state index contributed by atoms with van der Waals surface area (Å²) >= 11 is 1.51. The van der Waals surface area contributed by atoms with Gasteiger partial charge in [-0.1, -0.05) is 42.5 Å². The number of nitro groups is 1. The average Bonchev–Trinajstić information content (AvgIpc) is 3.16. The Morgan fingerprint density at radius 2 is 1.93 bits per heavy atom. The molecule has 1 aliphatic rings. The first-order valence-corrected chi connectivity index (χ1v) is 9.93. The number of aliphatic imine (C=N–C) groups is 1. The molecule has 0 fully saturated rings. The Kier molecular flexibility index (Phi) is 4.98. The molecule has 0 spiro atoms. The van der Waals surface area contributed by atoms with Crippen molar-refractivity contribution in [1.29, 1.82) is 0 Å². The molecule has 0 saturated heterocycles. The van der Waals surface area contributed by atoms with E-state index in [4.69, 9.17) is 4.74 Å². The summed E-state index contributed by atoms with van der Waals surface area (Å²) < 4.78 is 5.08. The number of nitrogens with zero attached hydrogens (tertiary/aromatic N) is 2. The van der Waals surface area contributed by atoms with Gasteiger partial charge in [0.25, 0.3) is 5.69 Å². The maximum absolute atomic E-state index is 12.7. The maximum Gasteiger partial charge on any atom is 0.315 e. The SMILES string of the molecule is COC(=O)C1C(C)=Nc2scc(-c3ccccc3)c2C1c1cccc([N+](=O)[O-])c1. The highest BCUT2D eigenvalue weighted by Crippen LogP contribution is 2.50. The summed E-state index contributed by atoms with van der Waals surface area (Å²) in [5.74, 6) is -1.47. The third kappa shape index (κ3) is 3.34. The van der Waals surface area contributed by atoms with Crippen molar-refractivity contribution in [1.82, 2.24) is 0 Å². The predicted molar refractivity (Wildman–Crippen MR) is 113 cm³/mol. The molecule has 2 unspecified atom stereocenters. The zero-order valence-corrected chi connectivity index (χ0v) is 16.7. The van der Waals surface area contributed by atoms with Gasteiger partial charge in [-0.25, -0.2) is 4.99 Å². The zero-order chi connectivity index (χ0) is 20.5. The molecule has 0 saturated carbocycles. The molecule has 0 bridgehead atoms. The fourth-order valence-electron chi connectivity index (χ4n) is 3.85. The number of carbonyl (C=O) groups excluding carboxylic acids is 1. The van der Waals surface area contributed by atoms with Crippen LogP contribution in [0, 0.1) is 16.0 Å². The first-order chi connectivity index (χ1) is 14.0. The molecule has 6 nitrogen and oxygen atoms in total. The molecule has 3 aromatic rings. The van der Waals surface area contributed by atoms with E-state index >= 15 is 0 Å². The second kappa shape index (κ2) is 7.60. The van der Waals surface area contributed by atoms with Crippen molar-refractivity contribution in [2.75, 3.05) is 7.11 Å². The van der Waals surface area contributed by atoms with E-state index < -0.39 is 22.7 Å². The van der Waals surface area contributed by atoms with E-state index in [1.165, 1.54) is 30.6 Å². The minimum absolute atomic E-state index is 0.00989. The Morgan fingerprint density at radius 1 is 1.17 bits per heavy atom. The van der Waals surface area contributed by atoms with E-state index in [1.807, 2.05) is 41.8 Å². The summed E-state index contributed by atoms with van der Waals surface area (Å²) in [4.78, 5) is 28.3. The Morgan fingerprint density at radius 3 is 2.62 bits per heavy atom. The van der Waals surface area contributed by atoms with Gasteiger partial charge in [0.05, 0.1) is 12.0 Å². The molecule has 2 aromatic carbocycles. The van der Waals surface area contributed by atoms with Crippen LogP contribution in [-0.4, -0.2) is 23.7 Å². The molecular formula is C22H18N2O4S. The van der Waals surface area contributed by atoms with Gasteiger partial charge in [-0.3, -0.25) is 14.9 Å². The Balaban J connectivity index is 1.97. The number of fused-ring (bicyclic) bond motifs is 1. The van der Waals surface area contributed by atoms with E-state index in [9.17, 15) is 14.9 Å². The van der Waals surface area contributed by atoms with Crippen LogP contribution in [0.15, 0.2) is 65.0 Å². The lowest BCUT2D eigenvalue weighted by molar-refractivity contribution is -0.384. The lowest BCUT2D eigenvalue weighted by atomic mass is 9.75. The standard InChI is InChI=1S/C22H18N2O4S/c1-13-18(22(25)28-2)19(15-9-6-10-16(11-15)24(26)27)20-17(12-29-21(20)23-13)14-7-4-3-5-8-14/h3-12,18-19H,1-2H3. The topological polar surface area (TPSA) is 81.8 Å². The number of thiophene rings is 1. The molecule has 29 heavy (non-hydrogen) atoms. The predicted octanol–water partition coefficient (Wildman–Crippen LogP) is 5.35. The summed E-state index contributed by atoms with van der Waals surface area (Å²) in [6.45, 7) is 1.80. The first kappa shape index (κ1) is 19.0. The van der Waals surface area contributed by atoms with E-state index in [0.29, 0.717) is 11.3 Å². The van der Waals surface area contributed by atoms with Crippen LogP contribution in [0.5, 0.6) is 0 Å². The van der Waals surface area contributed by atoms with Crippen LogP contribution in [0.25, 0.3) is 11.1 Å². The average molecular weight is 406 g/mol. The number of benzene rings is 2. The Labute approximate surface area is 171 Å². The van der Waals surface area contributed by atoms with Crippen molar-refractivity contribution in [2.45, 2.75) is 12.8 Å². The van der Waals surface area contributed by atoms with Crippen LogP contribution in [0.3, 0.4) is 0 Å². The molecule has 0 amide bonds.